The second-order valence-electron chi connectivity index (χ2n) is 17.5. The molecule has 1 amide bonds. The van der Waals surface area contributed by atoms with Crippen molar-refractivity contribution >= 4 is 40.3 Å². The number of anilines is 1. The summed E-state index contributed by atoms with van der Waals surface area (Å²) >= 11 is 0. The van der Waals surface area contributed by atoms with Crippen molar-refractivity contribution in [2.45, 2.75) is 150 Å². The molecule has 3 heterocycles. The lowest BCUT2D eigenvalue weighted by molar-refractivity contribution is -0.160. The average Bonchev–Trinajstić information content (AvgIpc) is 3.52. The van der Waals surface area contributed by atoms with E-state index in [0.29, 0.717) is 0 Å². The molecule has 0 fully saturated rings. The molecule has 15 heteroatoms. The van der Waals surface area contributed by atoms with E-state index in [1.807, 2.05) is 0 Å². The topological polar surface area (TPSA) is 223 Å². The van der Waals surface area contributed by atoms with Crippen molar-refractivity contribution < 1.29 is 63.7 Å². The van der Waals surface area contributed by atoms with E-state index < -0.39 is 88.8 Å². The number of aliphatic hydroxyl groups excluding tert-OH is 2. The van der Waals surface area contributed by atoms with Crippen LogP contribution >= 0.6 is 0 Å². The Bertz CT molecular complexity index is 2090. The van der Waals surface area contributed by atoms with Crippen molar-refractivity contribution in [2.75, 3.05) is 19.0 Å². The third kappa shape index (κ3) is 11.8. The van der Waals surface area contributed by atoms with Gasteiger partial charge in [-0.3, -0.25) is 14.4 Å². The Morgan fingerprint density at radius 1 is 0.875 bits per heavy atom. The molecule has 3 aliphatic rings. The molecule has 3 aliphatic heterocycles. The first-order chi connectivity index (χ1) is 30.3. The first-order valence-electron chi connectivity index (χ1n) is 22.6. The summed E-state index contributed by atoms with van der Waals surface area (Å²) in [7, 11) is 1.44. The minimum absolute atomic E-state index is 0.0438. The Labute approximate surface area is 377 Å². The number of rotatable bonds is 14. The van der Waals surface area contributed by atoms with Crippen LogP contribution in [0.2, 0.25) is 0 Å². The van der Waals surface area contributed by atoms with Crippen molar-refractivity contribution in [3.05, 3.63) is 52.8 Å². The van der Waals surface area contributed by atoms with E-state index in [1.54, 1.807) is 39.8 Å². The van der Waals surface area contributed by atoms with E-state index in [9.17, 15) is 39.9 Å². The van der Waals surface area contributed by atoms with Gasteiger partial charge >= 0.3 is 11.8 Å². The molecule has 6 N–H and O–H groups in total. The average molecular weight is 895 g/mol. The van der Waals surface area contributed by atoms with E-state index in [1.165, 1.54) is 85.3 Å². The molecule has 0 radical (unpaired) electrons. The van der Waals surface area contributed by atoms with Gasteiger partial charge in [0.15, 0.2) is 5.75 Å². The number of carbonyl (C=O) groups excluding carboxylic acids is 3. The molecular formula is C49H70N2O13. The van der Waals surface area contributed by atoms with E-state index in [2.05, 4.69) is 17.4 Å². The number of phenolic OH excluding ortho intramolecular Hbond substituents is 3. The summed E-state index contributed by atoms with van der Waals surface area (Å²) in [6.45, 7) is 15.0. The Hall–Kier alpha value is -5.12. The van der Waals surface area contributed by atoms with E-state index in [-0.39, 0.29) is 51.1 Å². The maximum absolute atomic E-state index is 14.5. The van der Waals surface area contributed by atoms with Gasteiger partial charge in [-0.25, -0.2) is 0 Å². The maximum Gasteiger partial charge on any atom is 0.312 e. The molecule has 64 heavy (non-hydrogen) atoms. The van der Waals surface area contributed by atoms with Crippen molar-refractivity contribution in [1.82, 2.24) is 0 Å². The Kier molecular flexibility index (Phi) is 18.7. The molecule has 0 aromatic heterocycles. The number of aromatic hydroxyl groups is 3. The number of aliphatic hydroxyl groups is 2. The van der Waals surface area contributed by atoms with Crippen molar-refractivity contribution in [3.63, 3.8) is 0 Å². The number of nitrogens with one attached hydrogen (secondary N) is 1. The number of fused-ring (bicyclic) bond motifs is 14. The molecule has 0 spiro atoms. The number of unbranched alkanes of at least 4 members (excludes halogenated alkanes) is 8. The molecule has 0 saturated carbocycles. The van der Waals surface area contributed by atoms with Crippen LogP contribution < -0.4 is 10.1 Å². The number of hydrogen-bond donors (Lipinski definition) is 6. The van der Waals surface area contributed by atoms with Crippen molar-refractivity contribution in [2.24, 2.45) is 28.8 Å². The van der Waals surface area contributed by atoms with Crippen LogP contribution in [0.4, 0.5) is 5.69 Å². The molecule has 5 rings (SSSR count). The van der Waals surface area contributed by atoms with Crippen LogP contribution in [0.15, 0.2) is 41.3 Å². The minimum atomic E-state index is -2.06. The Morgan fingerprint density at radius 3 is 2.14 bits per heavy atom. The van der Waals surface area contributed by atoms with Crippen LogP contribution in [0.1, 0.15) is 135 Å². The lowest BCUT2D eigenvalue weighted by Crippen LogP contribution is -2.46. The van der Waals surface area contributed by atoms with Gasteiger partial charge in [0.2, 0.25) is 0 Å². The fraction of sp³-hybridized carbons (Fsp3) is 0.592. The standard InChI is InChI=1S/C49H70N2O13/c1-11-12-13-14-15-16-17-18-19-24-62-50-26-34-39-44(57)37-36(43(34)56)38-46(32(7)42(37)55)64-49(9,47(38)58)61-25-23-35(60-10)29(4)45(63-33(8)52)31(6)41(54)30(5)40(53)27(2)21-20-22-28(3)48(59)51-39/h20-23,25-27,29-31,35,40-41,45,53-57H,11-19,24H2,1-10H3,(H,51,59). The van der Waals surface area contributed by atoms with Gasteiger partial charge in [0.1, 0.15) is 30.0 Å². The third-order valence-electron chi connectivity index (χ3n) is 12.6. The lowest BCUT2D eigenvalue weighted by atomic mass is 9.78. The van der Waals surface area contributed by atoms with E-state index >= 15 is 0 Å². The van der Waals surface area contributed by atoms with E-state index in [4.69, 9.17) is 23.8 Å². The molecule has 9 atom stereocenters. The van der Waals surface area contributed by atoms with Crippen LogP contribution in [0.25, 0.3) is 10.8 Å². The zero-order valence-corrected chi connectivity index (χ0v) is 39.1. The van der Waals surface area contributed by atoms with Crippen LogP contribution in [0.3, 0.4) is 0 Å². The molecule has 0 aliphatic carbocycles. The summed E-state index contributed by atoms with van der Waals surface area (Å²) < 4.78 is 23.6. The van der Waals surface area contributed by atoms with Crippen LogP contribution in [-0.4, -0.2) is 93.3 Å². The number of oxime groups is 1. The fourth-order valence-corrected chi connectivity index (χ4v) is 8.49. The predicted octanol–water partition coefficient (Wildman–Crippen LogP) is 8.64. The smallest absolute Gasteiger partial charge is 0.312 e. The monoisotopic (exact) mass is 894 g/mol. The van der Waals surface area contributed by atoms with Crippen molar-refractivity contribution in [3.8, 4) is 23.0 Å². The number of hydrogen-bond acceptors (Lipinski definition) is 14. The molecule has 15 nitrogen and oxygen atoms in total. The van der Waals surface area contributed by atoms with Gasteiger partial charge in [0, 0.05) is 61.2 Å². The summed E-state index contributed by atoms with van der Waals surface area (Å²) in [6.07, 6.45) is 14.6. The largest absolute Gasteiger partial charge is 0.507 e. The van der Waals surface area contributed by atoms with Gasteiger partial charge in [-0.1, -0.05) is 103 Å². The molecule has 9 unspecified atom stereocenters. The number of amides is 1. The summed E-state index contributed by atoms with van der Waals surface area (Å²) in [6, 6.07) is 0. The molecular weight excluding hydrogens is 825 g/mol. The lowest BCUT2D eigenvalue weighted by Gasteiger charge is -2.38. The predicted molar refractivity (Wildman–Crippen MR) is 245 cm³/mol. The highest BCUT2D eigenvalue weighted by Crippen LogP contribution is 2.55. The van der Waals surface area contributed by atoms with Gasteiger partial charge < -0.3 is 54.6 Å². The van der Waals surface area contributed by atoms with Gasteiger partial charge in [0.05, 0.1) is 53.0 Å². The molecule has 0 saturated heterocycles. The van der Waals surface area contributed by atoms with E-state index in [0.717, 1.165) is 31.9 Å². The van der Waals surface area contributed by atoms with Gasteiger partial charge in [-0.2, -0.15) is 0 Å². The summed E-state index contributed by atoms with van der Waals surface area (Å²) in [5.74, 6) is -8.54. The number of Topliss-reactive ketones (excluding diaryl/α,β-unsaturated/α-hetero) is 1. The molecule has 2 aromatic carbocycles. The number of carbonyl (C=O) groups is 3. The zero-order valence-electron chi connectivity index (χ0n) is 39.1. The number of phenols is 3. The summed E-state index contributed by atoms with van der Waals surface area (Å²) in [4.78, 5) is 46.1. The van der Waals surface area contributed by atoms with Crippen LogP contribution in [0.5, 0.6) is 23.0 Å². The fourth-order valence-electron chi connectivity index (χ4n) is 8.49. The molecule has 2 aromatic rings. The Balaban J connectivity index is 1.82. The normalized spacial score (nSPS) is 26.8. The minimum Gasteiger partial charge on any atom is -0.507 e. The van der Waals surface area contributed by atoms with Crippen LogP contribution in [0, 0.1) is 30.6 Å². The summed E-state index contributed by atoms with van der Waals surface area (Å²) in [5.41, 5.74) is -0.530. The highest BCUT2D eigenvalue weighted by Gasteiger charge is 2.50. The summed E-state index contributed by atoms with van der Waals surface area (Å²) in [5, 5.41) is 64.6. The highest BCUT2D eigenvalue weighted by molar-refractivity contribution is 6.23. The quantitative estimate of drug-likeness (QED) is 0.0261. The molecule has 354 valence electrons. The van der Waals surface area contributed by atoms with Gasteiger partial charge in [0.25, 0.3) is 11.7 Å². The number of esters is 1. The number of nitrogens with zero attached hydrogens (tertiary/aromatic N) is 1. The van der Waals surface area contributed by atoms with Crippen molar-refractivity contribution in [1.29, 1.82) is 0 Å². The second kappa shape index (κ2) is 23.2. The number of ether oxygens (including phenoxy) is 4. The SMILES string of the molecule is CCCCCCCCCCCON=Cc1c2c(O)c3c(O)c(C)c4c(c3c1O)C(=O)C(C)(OC=CC(OC)C(C)C(OC(C)=O)C(C)C(O)C(C)C(O)C(C)C=CC=C(C)C(=O)N2)O4. The van der Waals surface area contributed by atoms with Crippen LogP contribution in [-0.2, 0) is 28.6 Å². The first-order valence-corrected chi connectivity index (χ1v) is 22.6. The number of benzene rings is 2. The number of allylic oxidation sites excluding steroid dienone is 2. The third-order valence-corrected chi connectivity index (χ3v) is 12.6. The van der Waals surface area contributed by atoms with Gasteiger partial charge in [-0.15, -0.1) is 0 Å². The van der Waals surface area contributed by atoms with Gasteiger partial charge in [-0.05, 0) is 32.8 Å². The maximum atomic E-state index is 14.5. The first kappa shape index (κ1) is 51.5. The second-order valence-corrected chi connectivity index (χ2v) is 17.5. The Morgan fingerprint density at radius 2 is 1.52 bits per heavy atom. The zero-order chi connectivity index (χ0) is 47.5. The number of ketones is 1. The molecule has 5 bridgehead atoms. The number of methoxy groups -OCH3 is 1. The highest BCUT2D eigenvalue weighted by atomic mass is 16.7.